The summed E-state index contributed by atoms with van der Waals surface area (Å²) in [7, 11) is 0. The predicted molar refractivity (Wildman–Crippen MR) is 130 cm³/mol. The van der Waals surface area contributed by atoms with Gasteiger partial charge in [0, 0.05) is 6.54 Å². The van der Waals surface area contributed by atoms with E-state index in [4.69, 9.17) is 10.5 Å². The number of carbonyl (C=O) groups is 1. The van der Waals surface area contributed by atoms with Crippen molar-refractivity contribution in [1.82, 2.24) is 35.6 Å². The number of rotatable bonds is 9. The maximum Gasteiger partial charge on any atom is 0.292 e. The molecule has 0 saturated carbocycles. The summed E-state index contributed by atoms with van der Waals surface area (Å²) in [4.78, 5) is 15.3. The van der Waals surface area contributed by atoms with Crippen LogP contribution in [0.5, 0.6) is 5.75 Å². The molecule has 2 aromatic carbocycles. The van der Waals surface area contributed by atoms with Gasteiger partial charge in [0.25, 0.3) is 5.91 Å². The number of halogens is 1. The average Bonchev–Trinajstić information content (AvgIpc) is 3.65. The monoisotopic (exact) mass is 505 g/mol. The summed E-state index contributed by atoms with van der Waals surface area (Å²) in [5, 5.41) is 19.6. The van der Waals surface area contributed by atoms with Gasteiger partial charge in [-0.2, -0.15) is 9.78 Å². The maximum absolute atomic E-state index is 13.3. The molecule has 5 rings (SSSR count). The Bertz CT molecular complexity index is 1390. The Kier molecular flexibility index (Phi) is 7.12. The number of benzene rings is 2. The molecule has 1 fully saturated rings. The Balaban J connectivity index is 1.25. The number of hydrogen-bond donors (Lipinski definition) is 2. The average molecular weight is 506 g/mol. The smallest absolute Gasteiger partial charge is 0.292 e. The fourth-order valence-electron chi connectivity index (χ4n) is 3.95. The number of hydrazone groups is 1. The number of nitrogens with two attached hydrogens (primary N) is 1. The molecule has 12 nitrogen and oxygen atoms in total. The van der Waals surface area contributed by atoms with E-state index in [1.54, 1.807) is 36.4 Å². The zero-order valence-corrected chi connectivity index (χ0v) is 19.7. The highest BCUT2D eigenvalue weighted by atomic mass is 19.1. The molecule has 37 heavy (non-hydrogen) atoms. The second-order valence-electron chi connectivity index (χ2n) is 8.44. The highest BCUT2D eigenvalue weighted by Crippen LogP contribution is 2.19. The Morgan fingerprint density at radius 3 is 2.73 bits per heavy atom. The molecular formula is C24H24FN9O3. The van der Waals surface area contributed by atoms with Crippen LogP contribution >= 0.6 is 0 Å². The first-order chi connectivity index (χ1) is 18.1. The van der Waals surface area contributed by atoms with Crippen LogP contribution in [-0.4, -0.2) is 55.4 Å². The lowest BCUT2D eigenvalue weighted by Crippen LogP contribution is -2.26. The minimum Gasteiger partial charge on any atom is -0.489 e. The number of nitrogens with zero attached hydrogens (tertiary/aromatic N) is 7. The number of amides is 1. The molecule has 1 aliphatic rings. The molecule has 0 aliphatic carbocycles. The third-order valence-corrected chi connectivity index (χ3v) is 5.78. The first-order valence-electron chi connectivity index (χ1n) is 11.6. The standard InChI is InChI=1S/C24H24FN9O3/c25-18-5-3-4-17(12-18)15-36-19-8-6-16(7-9-19)13-27-29-24(35)21-20(14-33-10-1-2-11-33)28-32-34(21)23-22(26)30-37-31-23/h3-9,12-13H,1-2,10-11,14-15H2,(H2,26,30)(H,29,35)/b27-13+. The summed E-state index contributed by atoms with van der Waals surface area (Å²) >= 11 is 0. The number of nitrogens with one attached hydrogen (secondary N) is 1. The first kappa shape index (κ1) is 24.1. The summed E-state index contributed by atoms with van der Waals surface area (Å²) in [6.45, 7) is 2.53. The van der Waals surface area contributed by atoms with Crippen molar-refractivity contribution in [3.8, 4) is 11.6 Å². The number of anilines is 1. The molecule has 1 amide bonds. The van der Waals surface area contributed by atoms with Crippen LogP contribution in [0.1, 0.15) is 40.2 Å². The molecule has 0 unspecified atom stereocenters. The lowest BCUT2D eigenvalue weighted by Gasteiger charge is -2.13. The second-order valence-corrected chi connectivity index (χ2v) is 8.44. The van der Waals surface area contributed by atoms with Gasteiger partial charge in [-0.3, -0.25) is 9.69 Å². The minimum absolute atomic E-state index is 0.0186. The molecule has 2 aromatic heterocycles. The Morgan fingerprint density at radius 2 is 2.00 bits per heavy atom. The highest BCUT2D eigenvalue weighted by molar-refractivity contribution is 5.95. The first-order valence-corrected chi connectivity index (χ1v) is 11.6. The molecular weight excluding hydrogens is 481 g/mol. The summed E-state index contributed by atoms with van der Waals surface area (Å²) in [6, 6.07) is 13.3. The molecule has 3 N–H and O–H groups in total. The van der Waals surface area contributed by atoms with Crippen molar-refractivity contribution in [2.45, 2.75) is 26.0 Å². The summed E-state index contributed by atoms with van der Waals surface area (Å²) < 4.78 is 24.9. The van der Waals surface area contributed by atoms with Gasteiger partial charge in [-0.1, -0.05) is 17.3 Å². The van der Waals surface area contributed by atoms with Crippen LogP contribution < -0.4 is 15.9 Å². The molecule has 1 saturated heterocycles. The van der Waals surface area contributed by atoms with Crippen LogP contribution in [-0.2, 0) is 13.2 Å². The van der Waals surface area contributed by atoms with E-state index in [1.807, 2.05) is 0 Å². The zero-order chi connectivity index (χ0) is 25.6. The van der Waals surface area contributed by atoms with Gasteiger partial charge in [-0.15, -0.1) is 5.10 Å². The number of ether oxygens (including phenoxy) is 1. The number of carbonyl (C=O) groups excluding carboxylic acids is 1. The number of hydrogen-bond acceptors (Lipinski definition) is 10. The summed E-state index contributed by atoms with van der Waals surface area (Å²) in [5.41, 5.74) is 10.4. The third-order valence-electron chi connectivity index (χ3n) is 5.78. The summed E-state index contributed by atoms with van der Waals surface area (Å²) in [6.07, 6.45) is 3.68. The van der Waals surface area contributed by atoms with Gasteiger partial charge in [0.2, 0.25) is 11.6 Å². The largest absolute Gasteiger partial charge is 0.489 e. The van der Waals surface area contributed by atoms with Crippen molar-refractivity contribution in [1.29, 1.82) is 0 Å². The van der Waals surface area contributed by atoms with Crippen molar-refractivity contribution >= 4 is 17.9 Å². The topological polar surface area (TPSA) is 150 Å². The van der Waals surface area contributed by atoms with Crippen LogP contribution in [0.2, 0.25) is 0 Å². The van der Waals surface area contributed by atoms with Gasteiger partial charge in [-0.05, 0) is 83.8 Å². The zero-order valence-electron chi connectivity index (χ0n) is 19.7. The van der Waals surface area contributed by atoms with Gasteiger partial charge < -0.3 is 10.5 Å². The van der Waals surface area contributed by atoms with E-state index < -0.39 is 5.91 Å². The van der Waals surface area contributed by atoms with E-state index in [1.165, 1.54) is 23.0 Å². The molecule has 3 heterocycles. The van der Waals surface area contributed by atoms with E-state index in [0.29, 0.717) is 18.0 Å². The number of aromatic nitrogens is 5. The van der Waals surface area contributed by atoms with Crippen LogP contribution in [0.4, 0.5) is 10.2 Å². The Hall–Kier alpha value is -4.65. The quantitative estimate of drug-likeness (QED) is 0.258. The Labute approximate surface area is 210 Å². The van der Waals surface area contributed by atoms with E-state index in [2.05, 4.69) is 40.7 Å². The molecule has 0 bridgehead atoms. The lowest BCUT2D eigenvalue weighted by molar-refractivity contribution is 0.0945. The number of likely N-dealkylation sites (tertiary alicyclic amines) is 1. The third kappa shape index (κ3) is 5.78. The van der Waals surface area contributed by atoms with E-state index >= 15 is 0 Å². The number of nitrogen functional groups attached to an aromatic ring is 1. The van der Waals surface area contributed by atoms with Crippen LogP contribution in [0.25, 0.3) is 5.82 Å². The predicted octanol–water partition coefficient (Wildman–Crippen LogP) is 2.31. The SMILES string of the molecule is Nc1nonc1-n1nnc(CN2CCCC2)c1C(=O)N/N=C/c1ccc(OCc2cccc(F)c2)cc1. The van der Waals surface area contributed by atoms with Gasteiger partial charge in [-0.25, -0.2) is 14.4 Å². The molecule has 13 heteroatoms. The summed E-state index contributed by atoms with van der Waals surface area (Å²) in [5.74, 6) is -0.172. The highest BCUT2D eigenvalue weighted by Gasteiger charge is 2.26. The van der Waals surface area contributed by atoms with Gasteiger partial charge >= 0.3 is 0 Å². The van der Waals surface area contributed by atoms with Gasteiger partial charge in [0.15, 0.2) is 5.69 Å². The second kappa shape index (κ2) is 11.0. The fraction of sp³-hybridized carbons (Fsp3) is 0.250. The normalized spacial score (nSPS) is 13.9. The van der Waals surface area contributed by atoms with Crippen molar-refractivity contribution in [3.05, 3.63) is 76.9 Å². The Morgan fingerprint density at radius 1 is 1.19 bits per heavy atom. The van der Waals surface area contributed by atoms with Crippen molar-refractivity contribution < 1.29 is 18.6 Å². The molecule has 1 aliphatic heterocycles. The van der Waals surface area contributed by atoms with Gasteiger partial charge in [0.05, 0.1) is 6.21 Å². The fourth-order valence-corrected chi connectivity index (χ4v) is 3.95. The van der Waals surface area contributed by atoms with Crippen molar-refractivity contribution in [2.24, 2.45) is 5.10 Å². The van der Waals surface area contributed by atoms with Crippen molar-refractivity contribution in [2.75, 3.05) is 18.8 Å². The molecule has 0 atom stereocenters. The molecule has 190 valence electrons. The molecule has 4 aromatic rings. The van der Waals surface area contributed by atoms with E-state index in [-0.39, 0.29) is 29.8 Å². The maximum atomic E-state index is 13.3. The minimum atomic E-state index is -0.534. The molecule has 0 spiro atoms. The molecule has 0 radical (unpaired) electrons. The lowest BCUT2D eigenvalue weighted by atomic mass is 10.2. The van der Waals surface area contributed by atoms with Crippen LogP contribution in [0.15, 0.2) is 58.3 Å². The van der Waals surface area contributed by atoms with Crippen LogP contribution in [0.3, 0.4) is 0 Å². The van der Waals surface area contributed by atoms with Crippen molar-refractivity contribution in [3.63, 3.8) is 0 Å². The van der Waals surface area contributed by atoms with Gasteiger partial charge in [0.1, 0.15) is 23.9 Å². The van der Waals surface area contributed by atoms with E-state index in [9.17, 15) is 9.18 Å². The van der Waals surface area contributed by atoms with Crippen LogP contribution in [0, 0.1) is 5.82 Å². The van der Waals surface area contributed by atoms with E-state index in [0.717, 1.165) is 37.1 Å².